The van der Waals surface area contributed by atoms with Gasteiger partial charge in [0.15, 0.2) is 6.61 Å². The van der Waals surface area contributed by atoms with Crippen molar-refractivity contribution in [3.05, 3.63) is 136 Å². The zero-order chi connectivity index (χ0) is 31.8. The molecule has 1 heterocycles. The van der Waals surface area contributed by atoms with Gasteiger partial charge in [0, 0.05) is 30.2 Å². The Morgan fingerprint density at radius 1 is 0.867 bits per heavy atom. The number of benzene rings is 4. The van der Waals surface area contributed by atoms with Crippen molar-refractivity contribution in [2.24, 2.45) is 0 Å². The van der Waals surface area contributed by atoms with Crippen LogP contribution in [0.25, 0.3) is 10.9 Å². The van der Waals surface area contributed by atoms with Crippen LogP contribution in [0.4, 0.5) is 10.5 Å². The number of fused-ring (bicyclic) bond motifs is 1. The standard InChI is InChI=1S/C34H32N4O7/c39-28-15-13-26(27-14-16-30(41)37-33(27)28)29(40)19-35-18-21-9-11-24(12-10-21)36-31(42)20-45-25-8-4-7-23(17-25)32(38-34(43)44)22-5-2-1-3-6-22/h1-17,29,32,35,38-40H,18-20H2,(H,36,42)(H,37,41)(H,43,44)/t29?,32-/m0/s1. The minimum Gasteiger partial charge on any atom is -0.506 e. The van der Waals surface area contributed by atoms with Crippen molar-refractivity contribution in [1.29, 1.82) is 0 Å². The van der Waals surface area contributed by atoms with Crippen LogP contribution in [-0.2, 0) is 11.3 Å². The minimum absolute atomic E-state index is 0.0675. The lowest BCUT2D eigenvalue weighted by Gasteiger charge is -2.19. The number of carbonyl (C=O) groups excluding carboxylic acids is 1. The monoisotopic (exact) mass is 608 g/mol. The number of hydrogen-bond donors (Lipinski definition) is 7. The molecule has 1 unspecified atom stereocenters. The van der Waals surface area contributed by atoms with Crippen molar-refractivity contribution in [2.75, 3.05) is 18.5 Å². The van der Waals surface area contributed by atoms with Gasteiger partial charge in [0.05, 0.1) is 17.7 Å². The van der Waals surface area contributed by atoms with Crippen LogP contribution in [0.15, 0.2) is 108 Å². The molecule has 0 fully saturated rings. The maximum absolute atomic E-state index is 12.6. The summed E-state index contributed by atoms with van der Waals surface area (Å²) in [7, 11) is 0. The Bertz CT molecular complexity index is 1840. The Balaban J connectivity index is 1.11. The maximum Gasteiger partial charge on any atom is 0.405 e. The normalized spacial score (nSPS) is 12.3. The number of pyridine rings is 1. The highest BCUT2D eigenvalue weighted by Gasteiger charge is 2.17. The number of aliphatic hydroxyl groups excluding tert-OH is 1. The number of phenols is 1. The van der Waals surface area contributed by atoms with E-state index in [1.807, 2.05) is 42.5 Å². The second-order valence-electron chi connectivity index (χ2n) is 10.3. The van der Waals surface area contributed by atoms with Crippen molar-refractivity contribution in [3.8, 4) is 11.5 Å². The molecule has 2 atom stereocenters. The van der Waals surface area contributed by atoms with E-state index in [0.29, 0.717) is 34.5 Å². The third-order valence-electron chi connectivity index (χ3n) is 7.13. The minimum atomic E-state index is -1.16. The summed E-state index contributed by atoms with van der Waals surface area (Å²) in [5.41, 5.74) is 3.47. The van der Waals surface area contributed by atoms with Gasteiger partial charge >= 0.3 is 6.09 Å². The lowest BCUT2D eigenvalue weighted by molar-refractivity contribution is -0.118. The van der Waals surface area contributed by atoms with Crippen LogP contribution in [0.1, 0.15) is 34.4 Å². The van der Waals surface area contributed by atoms with Gasteiger partial charge in [0.25, 0.3) is 5.91 Å². The number of nitrogens with one attached hydrogen (secondary N) is 4. The second kappa shape index (κ2) is 14.2. The average molecular weight is 609 g/mol. The molecule has 0 aliphatic carbocycles. The van der Waals surface area contributed by atoms with Crippen molar-refractivity contribution < 1.29 is 29.6 Å². The van der Waals surface area contributed by atoms with Crippen molar-refractivity contribution in [2.45, 2.75) is 18.7 Å². The van der Waals surface area contributed by atoms with E-state index in [1.165, 1.54) is 12.1 Å². The fourth-order valence-corrected chi connectivity index (χ4v) is 4.98. The van der Waals surface area contributed by atoms with Gasteiger partial charge in [-0.3, -0.25) is 9.59 Å². The topological polar surface area (TPSA) is 173 Å². The summed E-state index contributed by atoms with van der Waals surface area (Å²) in [6.07, 6.45) is -2.03. The Hall–Kier alpha value is -5.65. The SMILES string of the molecule is O=C(O)N[C@@H](c1ccccc1)c1cccc(OCC(=O)Nc2ccc(CNCC(O)c3ccc(O)c4[nH]c(=O)ccc34)cc2)c1. The molecule has 7 N–H and O–H groups in total. The molecule has 0 saturated carbocycles. The largest absolute Gasteiger partial charge is 0.506 e. The fourth-order valence-electron chi connectivity index (χ4n) is 4.98. The van der Waals surface area contributed by atoms with Crippen molar-refractivity contribution in [3.63, 3.8) is 0 Å². The average Bonchev–Trinajstić information content (AvgIpc) is 3.04. The van der Waals surface area contributed by atoms with Crippen LogP contribution in [-0.4, -0.2) is 45.5 Å². The van der Waals surface area contributed by atoms with Gasteiger partial charge in [-0.1, -0.05) is 60.7 Å². The molecule has 0 bridgehead atoms. The molecule has 2 amide bonds. The number of carbonyl (C=O) groups is 2. The van der Waals surface area contributed by atoms with E-state index in [1.54, 1.807) is 48.5 Å². The third kappa shape index (κ3) is 8.05. The van der Waals surface area contributed by atoms with Gasteiger partial charge in [0.1, 0.15) is 11.5 Å². The highest BCUT2D eigenvalue weighted by atomic mass is 16.5. The van der Waals surface area contributed by atoms with Crippen LogP contribution in [0.5, 0.6) is 11.5 Å². The molecule has 45 heavy (non-hydrogen) atoms. The number of aromatic amines is 1. The molecule has 0 radical (unpaired) electrons. The van der Waals surface area contributed by atoms with E-state index in [9.17, 15) is 29.7 Å². The van der Waals surface area contributed by atoms with Gasteiger partial charge in [0.2, 0.25) is 5.56 Å². The van der Waals surface area contributed by atoms with Gasteiger partial charge in [-0.05, 0) is 58.7 Å². The number of ether oxygens (including phenoxy) is 1. The first-order valence-electron chi connectivity index (χ1n) is 14.2. The molecule has 0 spiro atoms. The summed E-state index contributed by atoms with van der Waals surface area (Å²) in [6.45, 7) is 0.444. The molecule has 5 aromatic rings. The van der Waals surface area contributed by atoms with E-state index in [4.69, 9.17) is 4.74 Å². The third-order valence-corrected chi connectivity index (χ3v) is 7.13. The smallest absolute Gasteiger partial charge is 0.405 e. The molecular weight excluding hydrogens is 576 g/mol. The summed E-state index contributed by atoms with van der Waals surface area (Å²) >= 11 is 0. The molecule has 230 valence electrons. The Morgan fingerprint density at radius 3 is 2.38 bits per heavy atom. The summed E-state index contributed by atoms with van der Waals surface area (Å²) in [5.74, 6) is -0.00447. The molecule has 0 aliphatic heterocycles. The first-order chi connectivity index (χ1) is 21.8. The number of anilines is 1. The number of aliphatic hydroxyl groups is 1. The number of H-pyrrole nitrogens is 1. The van der Waals surface area contributed by atoms with E-state index in [-0.39, 0.29) is 35.9 Å². The molecule has 5 rings (SSSR count). The van der Waals surface area contributed by atoms with Gasteiger partial charge in [-0.15, -0.1) is 0 Å². The Labute approximate surface area is 258 Å². The van der Waals surface area contributed by atoms with Crippen molar-refractivity contribution in [1.82, 2.24) is 15.6 Å². The Morgan fingerprint density at radius 2 is 1.62 bits per heavy atom. The molecular formula is C34H32N4O7. The zero-order valence-corrected chi connectivity index (χ0v) is 24.1. The summed E-state index contributed by atoms with van der Waals surface area (Å²) in [4.78, 5) is 38.2. The highest BCUT2D eigenvalue weighted by Crippen LogP contribution is 2.29. The van der Waals surface area contributed by atoms with Crippen LogP contribution >= 0.6 is 0 Å². The number of phenolic OH excluding ortho intramolecular Hbond substituents is 1. The Kier molecular flexibility index (Phi) is 9.73. The summed E-state index contributed by atoms with van der Waals surface area (Å²) < 4.78 is 5.69. The van der Waals surface area contributed by atoms with E-state index in [0.717, 1.165) is 11.1 Å². The fraction of sp³-hybridized carbons (Fsp3) is 0.147. The molecule has 4 aromatic carbocycles. The first-order valence-corrected chi connectivity index (χ1v) is 14.2. The lowest BCUT2D eigenvalue weighted by Crippen LogP contribution is -2.27. The summed E-state index contributed by atoms with van der Waals surface area (Å²) in [5, 5.41) is 39.2. The van der Waals surface area contributed by atoms with E-state index in [2.05, 4.69) is 20.9 Å². The van der Waals surface area contributed by atoms with Crippen LogP contribution in [0, 0.1) is 0 Å². The second-order valence-corrected chi connectivity index (χ2v) is 10.3. The predicted octanol–water partition coefficient (Wildman–Crippen LogP) is 4.43. The van der Waals surface area contributed by atoms with Crippen LogP contribution in [0.2, 0.25) is 0 Å². The van der Waals surface area contributed by atoms with Gasteiger partial charge in [-0.2, -0.15) is 0 Å². The quantitative estimate of drug-likeness (QED) is 0.109. The lowest BCUT2D eigenvalue weighted by atomic mass is 9.99. The number of carboxylic acid groups (broad SMARTS) is 1. The molecule has 11 nitrogen and oxygen atoms in total. The molecule has 0 aliphatic rings. The van der Waals surface area contributed by atoms with E-state index >= 15 is 0 Å². The molecule has 1 aromatic heterocycles. The molecule has 0 saturated heterocycles. The van der Waals surface area contributed by atoms with Gasteiger partial charge < -0.3 is 41.0 Å². The predicted molar refractivity (Wildman–Crippen MR) is 169 cm³/mol. The number of amides is 2. The molecule has 11 heteroatoms. The van der Waals surface area contributed by atoms with Gasteiger partial charge in [-0.25, -0.2) is 4.79 Å². The number of aromatic nitrogens is 1. The number of hydrogen-bond acceptors (Lipinski definition) is 7. The van der Waals surface area contributed by atoms with Crippen molar-refractivity contribution >= 4 is 28.6 Å². The van der Waals surface area contributed by atoms with E-state index < -0.39 is 18.2 Å². The van der Waals surface area contributed by atoms with Crippen LogP contribution < -0.4 is 26.2 Å². The maximum atomic E-state index is 12.6. The summed E-state index contributed by atoms with van der Waals surface area (Å²) in [6, 6.07) is 28.7. The van der Waals surface area contributed by atoms with Crippen LogP contribution in [0.3, 0.4) is 0 Å². The number of rotatable bonds is 12. The number of aromatic hydroxyl groups is 1. The first kappa shape index (κ1) is 30.8. The highest BCUT2D eigenvalue weighted by molar-refractivity contribution is 5.92. The zero-order valence-electron chi connectivity index (χ0n) is 24.1.